The minimum absolute atomic E-state index is 0.343. The lowest BCUT2D eigenvalue weighted by atomic mass is 10.0. The lowest BCUT2D eigenvalue weighted by Crippen LogP contribution is -2.22. The fourth-order valence-corrected chi connectivity index (χ4v) is 2.55. The highest BCUT2D eigenvalue weighted by atomic mass is 79.9. The molecule has 22 heavy (non-hydrogen) atoms. The molecule has 0 bridgehead atoms. The Hall–Kier alpha value is -2.17. The van der Waals surface area contributed by atoms with E-state index in [1.54, 1.807) is 0 Å². The predicted octanol–water partition coefficient (Wildman–Crippen LogP) is 4.46. The molecule has 3 nitrogen and oxygen atoms in total. The third kappa shape index (κ3) is 3.35. The Balaban J connectivity index is 2.10. The van der Waals surface area contributed by atoms with Crippen LogP contribution in [0.3, 0.4) is 0 Å². The molecule has 1 unspecified atom stereocenters. The standard InChI is InChI=1S/C18H16BrN3/c19-18(20)22-17-16(14-9-5-2-6-10-14)11-15(12-21-17)13-7-3-1-4-8-13/h1-12,18H,20H2,(H,21,22). The molecular weight excluding hydrogens is 338 g/mol. The van der Waals surface area contributed by atoms with Gasteiger partial charge in [0.05, 0.1) is 0 Å². The Bertz CT molecular complexity index is 743. The van der Waals surface area contributed by atoms with Gasteiger partial charge in [-0.2, -0.15) is 0 Å². The van der Waals surface area contributed by atoms with Crippen molar-refractivity contribution in [2.45, 2.75) is 5.08 Å². The highest BCUT2D eigenvalue weighted by Crippen LogP contribution is 2.31. The number of nitrogens with one attached hydrogen (secondary N) is 1. The second kappa shape index (κ2) is 6.73. The van der Waals surface area contributed by atoms with Crippen LogP contribution in [0.15, 0.2) is 72.9 Å². The van der Waals surface area contributed by atoms with Gasteiger partial charge in [-0.05, 0) is 33.1 Å². The van der Waals surface area contributed by atoms with Crippen molar-refractivity contribution in [2.24, 2.45) is 5.73 Å². The second-order valence-electron chi connectivity index (χ2n) is 4.90. The number of aromatic nitrogens is 1. The van der Waals surface area contributed by atoms with E-state index >= 15 is 0 Å². The van der Waals surface area contributed by atoms with Gasteiger partial charge in [0.2, 0.25) is 0 Å². The van der Waals surface area contributed by atoms with Crippen molar-refractivity contribution in [3.63, 3.8) is 0 Å². The van der Waals surface area contributed by atoms with Crippen LogP contribution < -0.4 is 11.1 Å². The highest BCUT2D eigenvalue weighted by molar-refractivity contribution is 9.09. The van der Waals surface area contributed by atoms with E-state index < -0.39 is 0 Å². The summed E-state index contributed by atoms with van der Waals surface area (Å²) in [5, 5.41) is 2.79. The second-order valence-corrected chi connectivity index (χ2v) is 5.88. The third-order valence-electron chi connectivity index (χ3n) is 3.35. The number of nitrogens with zero attached hydrogens (tertiary/aromatic N) is 1. The average Bonchev–Trinajstić information content (AvgIpc) is 2.56. The first-order chi connectivity index (χ1) is 10.7. The summed E-state index contributed by atoms with van der Waals surface area (Å²) in [5.74, 6) is 0.759. The van der Waals surface area contributed by atoms with Crippen molar-refractivity contribution in [3.05, 3.63) is 72.9 Å². The van der Waals surface area contributed by atoms with E-state index in [0.717, 1.165) is 28.1 Å². The van der Waals surface area contributed by atoms with E-state index in [1.807, 2.05) is 42.6 Å². The number of rotatable bonds is 4. The van der Waals surface area contributed by atoms with Crippen molar-refractivity contribution < 1.29 is 0 Å². The fraction of sp³-hybridized carbons (Fsp3) is 0.0556. The molecule has 2 aromatic carbocycles. The van der Waals surface area contributed by atoms with Gasteiger partial charge in [-0.3, -0.25) is 0 Å². The van der Waals surface area contributed by atoms with Crippen LogP contribution in [0.4, 0.5) is 5.82 Å². The van der Waals surface area contributed by atoms with Gasteiger partial charge in [0.1, 0.15) is 10.9 Å². The van der Waals surface area contributed by atoms with Crippen molar-refractivity contribution in [2.75, 3.05) is 5.32 Å². The molecule has 0 amide bonds. The molecule has 0 saturated carbocycles. The molecule has 0 aliphatic rings. The Morgan fingerprint density at radius 1 is 0.864 bits per heavy atom. The van der Waals surface area contributed by atoms with Gasteiger partial charge in [0.15, 0.2) is 0 Å². The summed E-state index contributed by atoms with van der Waals surface area (Å²) < 4.78 is 0. The quantitative estimate of drug-likeness (QED) is 0.413. The molecule has 3 rings (SSSR count). The van der Waals surface area contributed by atoms with Gasteiger partial charge in [0, 0.05) is 17.3 Å². The van der Waals surface area contributed by atoms with E-state index in [1.165, 1.54) is 0 Å². The fourth-order valence-electron chi connectivity index (χ4n) is 2.34. The van der Waals surface area contributed by atoms with Crippen LogP contribution in [0, 0.1) is 0 Å². The van der Waals surface area contributed by atoms with Gasteiger partial charge in [0.25, 0.3) is 0 Å². The average molecular weight is 354 g/mol. The number of pyridine rings is 1. The SMILES string of the molecule is NC(Br)Nc1ncc(-c2ccccc2)cc1-c1ccccc1. The first-order valence-electron chi connectivity index (χ1n) is 7.01. The molecule has 1 atom stereocenters. The van der Waals surface area contributed by atoms with Gasteiger partial charge in [-0.25, -0.2) is 4.98 Å². The smallest absolute Gasteiger partial charge is 0.135 e. The number of halogens is 1. The predicted molar refractivity (Wildman–Crippen MR) is 95.6 cm³/mol. The topological polar surface area (TPSA) is 50.9 Å². The third-order valence-corrected chi connectivity index (χ3v) is 3.58. The number of anilines is 1. The Morgan fingerprint density at radius 3 is 2.05 bits per heavy atom. The van der Waals surface area contributed by atoms with Crippen LogP contribution in [0.25, 0.3) is 22.3 Å². The Morgan fingerprint density at radius 2 is 1.45 bits per heavy atom. The van der Waals surface area contributed by atoms with Crippen LogP contribution in [0.5, 0.6) is 0 Å². The van der Waals surface area contributed by atoms with Crippen molar-refractivity contribution in [1.82, 2.24) is 4.98 Å². The minimum Gasteiger partial charge on any atom is -0.345 e. The molecular formula is C18H16BrN3. The summed E-state index contributed by atoms with van der Waals surface area (Å²) in [6.45, 7) is 0. The molecule has 1 heterocycles. The lowest BCUT2D eigenvalue weighted by molar-refractivity contribution is 1.06. The molecule has 0 aliphatic heterocycles. The highest BCUT2D eigenvalue weighted by Gasteiger charge is 2.10. The molecule has 0 fully saturated rings. The van der Waals surface area contributed by atoms with E-state index in [9.17, 15) is 0 Å². The van der Waals surface area contributed by atoms with E-state index in [4.69, 9.17) is 5.73 Å². The maximum Gasteiger partial charge on any atom is 0.135 e. The molecule has 0 radical (unpaired) electrons. The zero-order valence-corrected chi connectivity index (χ0v) is 13.5. The zero-order valence-electron chi connectivity index (χ0n) is 11.9. The Kier molecular flexibility index (Phi) is 4.51. The number of alkyl halides is 1. The summed E-state index contributed by atoms with van der Waals surface area (Å²) in [5.41, 5.74) is 10.1. The number of benzene rings is 2. The molecule has 4 heteroatoms. The zero-order chi connectivity index (χ0) is 15.4. The van der Waals surface area contributed by atoms with Gasteiger partial charge in [-0.15, -0.1) is 0 Å². The maximum atomic E-state index is 5.79. The largest absolute Gasteiger partial charge is 0.345 e. The molecule has 3 aromatic rings. The van der Waals surface area contributed by atoms with E-state index in [0.29, 0.717) is 0 Å². The summed E-state index contributed by atoms with van der Waals surface area (Å²) >= 11 is 3.31. The summed E-state index contributed by atoms with van der Waals surface area (Å²) in [6.07, 6.45) is 1.86. The normalized spacial score (nSPS) is 11.9. The molecule has 1 aromatic heterocycles. The number of hydrogen-bond donors (Lipinski definition) is 2. The van der Waals surface area contributed by atoms with Crippen molar-refractivity contribution in [1.29, 1.82) is 0 Å². The maximum absolute atomic E-state index is 5.79. The molecule has 0 saturated heterocycles. The van der Waals surface area contributed by atoms with Crippen LogP contribution in [-0.4, -0.2) is 10.1 Å². The first kappa shape index (κ1) is 14.8. The van der Waals surface area contributed by atoms with Crippen molar-refractivity contribution in [3.8, 4) is 22.3 Å². The van der Waals surface area contributed by atoms with E-state index in [2.05, 4.69) is 56.6 Å². The number of nitrogens with two attached hydrogens (primary N) is 1. The molecule has 0 spiro atoms. The monoisotopic (exact) mass is 353 g/mol. The van der Waals surface area contributed by atoms with Crippen molar-refractivity contribution >= 4 is 21.7 Å². The Labute approximate surface area is 138 Å². The van der Waals surface area contributed by atoms with Gasteiger partial charge >= 0.3 is 0 Å². The van der Waals surface area contributed by atoms with E-state index in [-0.39, 0.29) is 5.08 Å². The summed E-state index contributed by atoms with van der Waals surface area (Å²) in [4.78, 5) is 4.55. The lowest BCUT2D eigenvalue weighted by Gasteiger charge is -2.14. The molecule has 3 N–H and O–H groups in total. The molecule has 110 valence electrons. The first-order valence-corrected chi connectivity index (χ1v) is 7.93. The van der Waals surface area contributed by atoms with Crippen LogP contribution >= 0.6 is 15.9 Å². The molecule has 0 aliphatic carbocycles. The van der Waals surface area contributed by atoms with Gasteiger partial charge in [-0.1, -0.05) is 60.7 Å². The summed E-state index contributed by atoms with van der Waals surface area (Å²) in [6, 6.07) is 22.5. The summed E-state index contributed by atoms with van der Waals surface area (Å²) in [7, 11) is 0. The minimum atomic E-state index is -0.343. The number of hydrogen-bond acceptors (Lipinski definition) is 3. The van der Waals surface area contributed by atoms with Crippen LogP contribution in [-0.2, 0) is 0 Å². The van der Waals surface area contributed by atoms with Crippen LogP contribution in [0.1, 0.15) is 0 Å². The van der Waals surface area contributed by atoms with Crippen LogP contribution in [0.2, 0.25) is 0 Å². The van der Waals surface area contributed by atoms with Gasteiger partial charge < -0.3 is 11.1 Å².